The number of anilines is 1. The van der Waals surface area contributed by atoms with Crippen LogP contribution in [0.2, 0.25) is 0 Å². The summed E-state index contributed by atoms with van der Waals surface area (Å²) in [6.07, 6.45) is 0. The molecule has 0 bridgehead atoms. The smallest absolute Gasteiger partial charge is 0.127 e. The van der Waals surface area contributed by atoms with Crippen molar-refractivity contribution in [3.8, 4) is 0 Å². The first-order chi connectivity index (χ1) is 6.32. The number of rotatable bonds is 2. The van der Waals surface area contributed by atoms with Crippen LogP contribution in [0.1, 0.15) is 25.3 Å². The minimum absolute atomic E-state index is 0.352. The van der Waals surface area contributed by atoms with Crippen LogP contribution < -0.4 is 11.2 Å². The number of aromatic nitrogens is 1. The fourth-order valence-corrected chi connectivity index (χ4v) is 2.05. The van der Waals surface area contributed by atoms with Crippen LogP contribution in [-0.2, 0) is 4.57 Å². The Balaban J connectivity index is 3.20. The van der Waals surface area contributed by atoms with E-state index >= 15 is 0 Å². The summed E-state index contributed by atoms with van der Waals surface area (Å²) >= 11 is 0. The largest absolute Gasteiger partial charge is 0.383 e. The maximum atomic E-state index is 11.7. The number of nitrogens with two attached hydrogens (primary N) is 1. The molecule has 1 rings (SSSR count). The van der Waals surface area contributed by atoms with Crippen LogP contribution in [-0.4, -0.2) is 18.3 Å². The first kappa shape index (κ1) is 11.3. The van der Waals surface area contributed by atoms with Gasteiger partial charge in [0.15, 0.2) is 0 Å². The zero-order chi connectivity index (χ0) is 10.9. The fourth-order valence-electron chi connectivity index (χ4n) is 1.26. The van der Waals surface area contributed by atoms with E-state index in [0.29, 0.717) is 17.2 Å². The molecule has 0 unspecified atom stereocenters. The predicted molar refractivity (Wildman–Crippen MR) is 61.8 cm³/mol. The number of hydrogen-bond donors (Lipinski definition) is 1. The quantitative estimate of drug-likeness (QED) is 0.763. The van der Waals surface area contributed by atoms with Crippen LogP contribution in [0.5, 0.6) is 0 Å². The third-order valence-electron chi connectivity index (χ3n) is 2.12. The van der Waals surface area contributed by atoms with Gasteiger partial charge in [0.25, 0.3) is 0 Å². The molecule has 0 fully saturated rings. The Labute approximate surface area is 85.1 Å². The molecular formula is C10H17N2OP. The lowest BCUT2D eigenvalue weighted by molar-refractivity contribution is 0.588. The van der Waals surface area contributed by atoms with Gasteiger partial charge in [0, 0.05) is 0 Å². The number of nitrogens with zero attached hydrogens (tertiary/aromatic N) is 1. The molecule has 0 aromatic carbocycles. The molecule has 0 saturated carbocycles. The molecule has 14 heavy (non-hydrogen) atoms. The van der Waals surface area contributed by atoms with Crippen LogP contribution in [0.4, 0.5) is 5.82 Å². The van der Waals surface area contributed by atoms with Gasteiger partial charge in [-0.3, -0.25) is 0 Å². The van der Waals surface area contributed by atoms with Gasteiger partial charge in [-0.1, -0.05) is 19.9 Å². The van der Waals surface area contributed by atoms with Crippen molar-refractivity contribution in [2.24, 2.45) is 0 Å². The van der Waals surface area contributed by atoms with E-state index in [1.54, 1.807) is 13.3 Å². The number of hydrogen-bond acceptors (Lipinski definition) is 3. The second-order valence-electron chi connectivity index (χ2n) is 4.15. The average Bonchev–Trinajstić information content (AvgIpc) is 2.01. The van der Waals surface area contributed by atoms with Crippen molar-refractivity contribution in [2.45, 2.75) is 19.8 Å². The van der Waals surface area contributed by atoms with Gasteiger partial charge in [0.05, 0.1) is 0 Å². The fraction of sp³-hybridized carbons (Fsp3) is 0.500. The van der Waals surface area contributed by atoms with E-state index < -0.39 is 7.14 Å². The summed E-state index contributed by atoms with van der Waals surface area (Å²) < 4.78 is 11.7. The van der Waals surface area contributed by atoms with Crippen molar-refractivity contribution in [3.05, 3.63) is 17.7 Å². The highest BCUT2D eigenvalue weighted by Gasteiger charge is 2.15. The lowest BCUT2D eigenvalue weighted by Crippen LogP contribution is -2.12. The zero-order valence-electron chi connectivity index (χ0n) is 9.11. The molecule has 0 aliphatic carbocycles. The van der Waals surface area contributed by atoms with E-state index in [4.69, 9.17) is 5.73 Å². The van der Waals surface area contributed by atoms with Gasteiger partial charge >= 0.3 is 0 Å². The summed E-state index contributed by atoms with van der Waals surface area (Å²) in [6.45, 7) is 7.52. The highest BCUT2D eigenvalue weighted by Crippen LogP contribution is 2.34. The van der Waals surface area contributed by atoms with Crippen molar-refractivity contribution in [2.75, 3.05) is 19.1 Å². The standard InChI is InChI=1S/C10H17N2OP/c1-7(2)8-5-6-9(12-10(8)11)14(3,4)13/h5-7H,1-4H3,(H2,11,12). The summed E-state index contributed by atoms with van der Waals surface area (Å²) in [5.74, 6) is 0.853. The molecule has 2 N–H and O–H groups in total. The van der Waals surface area contributed by atoms with Crippen LogP contribution in [0.3, 0.4) is 0 Å². The molecule has 1 aromatic heterocycles. The second kappa shape index (κ2) is 3.74. The molecule has 0 aliphatic rings. The van der Waals surface area contributed by atoms with Crippen molar-refractivity contribution in [1.29, 1.82) is 0 Å². The third-order valence-corrected chi connectivity index (χ3v) is 3.47. The van der Waals surface area contributed by atoms with Gasteiger partial charge in [-0.15, -0.1) is 0 Å². The highest BCUT2D eigenvalue weighted by molar-refractivity contribution is 7.69. The molecule has 0 atom stereocenters. The molecule has 0 radical (unpaired) electrons. The molecule has 1 aromatic rings. The van der Waals surface area contributed by atoms with Gasteiger partial charge in [-0.2, -0.15) is 0 Å². The van der Waals surface area contributed by atoms with E-state index in [1.807, 2.05) is 12.1 Å². The minimum atomic E-state index is -2.29. The molecule has 0 amide bonds. The van der Waals surface area contributed by atoms with Crippen molar-refractivity contribution in [3.63, 3.8) is 0 Å². The molecule has 0 saturated heterocycles. The maximum Gasteiger partial charge on any atom is 0.127 e. The molecular weight excluding hydrogens is 195 g/mol. The summed E-state index contributed by atoms with van der Waals surface area (Å²) in [4.78, 5) is 4.18. The average molecular weight is 212 g/mol. The lowest BCUT2D eigenvalue weighted by Gasteiger charge is -2.11. The molecule has 78 valence electrons. The van der Waals surface area contributed by atoms with Gasteiger partial charge in [-0.25, -0.2) is 4.98 Å². The number of nitrogen functional groups attached to an aromatic ring is 1. The molecule has 3 nitrogen and oxygen atoms in total. The van der Waals surface area contributed by atoms with Crippen molar-refractivity contribution >= 4 is 18.4 Å². The number of pyridine rings is 1. The van der Waals surface area contributed by atoms with Crippen molar-refractivity contribution < 1.29 is 4.57 Å². The van der Waals surface area contributed by atoms with Gasteiger partial charge in [-0.05, 0) is 30.9 Å². The Bertz CT molecular complexity index is 382. The van der Waals surface area contributed by atoms with Crippen LogP contribution in [0, 0.1) is 0 Å². The zero-order valence-corrected chi connectivity index (χ0v) is 10.0. The van der Waals surface area contributed by atoms with Crippen LogP contribution in [0.25, 0.3) is 0 Å². The van der Waals surface area contributed by atoms with E-state index in [-0.39, 0.29) is 0 Å². The van der Waals surface area contributed by atoms with Crippen LogP contribution in [0.15, 0.2) is 12.1 Å². The summed E-state index contributed by atoms with van der Waals surface area (Å²) in [5, 5.41) is 0. The molecule has 4 heteroatoms. The van der Waals surface area contributed by atoms with Crippen LogP contribution >= 0.6 is 7.14 Å². The van der Waals surface area contributed by atoms with E-state index in [1.165, 1.54) is 0 Å². The monoisotopic (exact) mass is 212 g/mol. The Hall–Kier alpha value is -0.820. The van der Waals surface area contributed by atoms with Gasteiger partial charge in [0.2, 0.25) is 0 Å². The summed E-state index contributed by atoms with van der Waals surface area (Å²) in [5.41, 5.74) is 7.41. The van der Waals surface area contributed by atoms with Gasteiger partial charge < -0.3 is 10.3 Å². The van der Waals surface area contributed by atoms with E-state index in [0.717, 1.165) is 5.56 Å². The SMILES string of the molecule is CC(C)c1ccc(P(C)(C)=O)nc1N. The van der Waals surface area contributed by atoms with E-state index in [9.17, 15) is 4.57 Å². The molecule has 0 spiro atoms. The van der Waals surface area contributed by atoms with Gasteiger partial charge in [0.1, 0.15) is 18.4 Å². The Morgan fingerprint density at radius 1 is 1.36 bits per heavy atom. The first-order valence-corrected chi connectivity index (χ1v) is 7.24. The Morgan fingerprint density at radius 2 is 1.93 bits per heavy atom. The predicted octanol–water partition coefficient (Wildman–Crippen LogP) is 2.04. The Morgan fingerprint density at radius 3 is 2.29 bits per heavy atom. The van der Waals surface area contributed by atoms with E-state index in [2.05, 4.69) is 18.8 Å². The minimum Gasteiger partial charge on any atom is -0.383 e. The second-order valence-corrected chi connectivity index (χ2v) is 7.31. The normalized spacial score (nSPS) is 12.1. The molecule has 1 heterocycles. The third kappa shape index (κ3) is 2.36. The summed E-state index contributed by atoms with van der Waals surface area (Å²) in [7, 11) is -2.29. The summed E-state index contributed by atoms with van der Waals surface area (Å²) in [6, 6.07) is 3.73. The topological polar surface area (TPSA) is 56.0 Å². The van der Waals surface area contributed by atoms with Crippen molar-refractivity contribution in [1.82, 2.24) is 4.98 Å². The molecule has 0 aliphatic heterocycles. The Kier molecular flexibility index (Phi) is 3.01. The lowest BCUT2D eigenvalue weighted by atomic mass is 10.1. The highest BCUT2D eigenvalue weighted by atomic mass is 31.2. The first-order valence-electron chi connectivity index (χ1n) is 4.64. The maximum absolute atomic E-state index is 11.7.